The monoisotopic (exact) mass is 412 g/mol. The first kappa shape index (κ1) is 22.6. The quantitative estimate of drug-likeness (QED) is 0.454. The average Bonchev–Trinajstić information content (AvgIpc) is 3.06. The van der Waals surface area contributed by atoms with Crippen molar-refractivity contribution in [3.05, 3.63) is 23.3 Å². The summed E-state index contributed by atoms with van der Waals surface area (Å²) in [6.07, 6.45) is 17.9. The standard InChI is InChI=1S/C29H48O/c1-7-21(19(2)3)9-8-20(4)25-12-13-26-24-11-10-22-18-23(30)14-16-28(22,5)27(24)15-17-29(25,26)6/h8-9,19-23,25-26,30H,7,10-18H2,1-6H3/b9-8+/t20-,21-,22+,23+,25-,26+,28+,29-/m1/s1. The van der Waals surface area contributed by atoms with Gasteiger partial charge in [-0.2, -0.15) is 0 Å². The maximum atomic E-state index is 10.3. The fourth-order valence-corrected chi connectivity index (χ4v) is 8.62. The van der Waals surface area contributed by atoms with Crippen LogP contribution in [0.4, 0.5) is 0 Å². The second-order valence-electron chi connectivity index (χ2n) is 12.4. The summed E-state index contributed by atoms with van der Waals surface area (Å²) < 4.78 is 0. The maximum Gasteiger partial charge on any atom is 0.0543 e. The zero-order valence-electron chi connectivity index (χ0n) is 20.7. The maximum absolute atomic E-state index is 10.3. The Bertz CT molecular complexity index is 686. The summed E-state index contributed by atoms with van der Waals surface area (Å²) in [5.74, 6) is 4.58. The molecule has 30 heavy (non-hydrogen) atoms. The molecule has 4 aliphatic carbocycles. The van der Waals surface area contributed by atoms with Crippen LogP contribution in [0.3, 0.4) is 0 Å². The molecule has 4 aliphatic rings. The summed E-state index contributed by atoms with van der Waals surface area (Å²) in [6, 6.07) is 0. The number of fused-ring (bicyclic) bond motifs is 4. The van der Waals surface area contributed by atoms with E-state index in [0.717, 1.165) is 42.4 Å². The Morgan fingerprint density at radius 3 is 2.47 bits per heavy atom. The number of rotatable bonds is 5. The molecular weight excluding hydrogens is 364 g/mol. The summed E-state index contributed by atoms with van der Waals surface area (Å²) in [5, 5.41) is 10.3. The summed E-state index contributed by atoms with van der Waals surface area (Å²) >= 11 is 0. The Morgan fingerprint density at radius 2 is 1.77 bits per heavy atom. The predicted octanol–water partition coefficient (Wildman–Crippen LogP) is 7.94. The van der Waals surface area contributed by atoms with E-state index in [-0.39, 0.29) is 6.10 Å². The fourth-order valence-electron chi connectivity index (χ4n) is 8.62. The zero-order valence-corrected chi connectivity index (χ0v) is 20.7. The molecule has 1 N–H and O–H groups in total. The molecule has 0 aromatic carbocycles. The lowest BCUT2D eigenvalue weighted by atomic mass is 9.50. The van der Waals surface area contributed by atoms with Crippen molar-refractivity contribution in [3.63, 3.8) is 0 Å². The van der Waals surface area contributed by atoms with Gasteiger partial charge in [0.1, 0.15) is 0 Å². The molecule has 8 atom stereocenters. The van der Waals surface area contributed by atoms with Crippen molar-refractivity contribution in [1.29, 1.82) is 0 Å². The van der Waals surface area contributed by atoms with Crippen LogP contribution in [0.25, 0.3) is 0 Å². The minimum Gasteiger partial charge on any atom is -0.393 e. The van der Waals surface area contributed by atoms with Crippen molar-refractivity contribution in [1.82, 2.24) is 0 Å². The van der Waals surface area contributed by atoms with E-state index in [9.17, 15) is 5.11 Å². The van der Waals surface area contributed by atoms with Crippen LogP contribution in [0.2, 0.25) is 0 Å². The lowest BCUT2D eigenvalue weighted by molar-refractivity contribution is 0.0145. The number of aliphatic hydroxyl groups excluding tert-OH is 1. The van der Waals surface area contributed by atoms with Crippen molar-refractivity contribution < 1.29 is 5.11 Å². The summed E-state index contributed by atoms with van der Waals surface area (Å²) in [6.45, 7) is 14.8. The highest BCUT2D eigenvalue weighted by molar-refractivity contribution is 5.34. The molecule has 0 spiro atoms. The first-order valence-electron chi connectivity index (χ1n) is 13.3. The molecule has 4 rings (SSSR count). The van der Waals surface area contributed by atoms with Crippen molar-refractivity contribution in [3.8, 4) is 0 Å². The van der Waals surface area contributed by atoms with Gasteiger partial charge in [0.15, 0.2) is 0 Å². The first-order chi connectivity index (χ1) is 14.2. The Hall–Kier alpha value is -0.560. The molecule has 0 saturated heterocycles. The van der Waals surface area contributed by atoms with E-state index in [1.165, 1.54) is 51.4 Å². The lowest BCUT2D eigenvalue weighted by Gasteiger charge is -2.55. The van der Waals surface area contributed by atoms with Crippen LogP contribution < -0.4 is 0 Å². The molecule has 1 heteroatoms. The molecule has 2 saturated carbocycles. The third kappa shape index (κ3) is 3.66. The largest absolute Gasteiger partial charge is 0.393 e. The number of allylic oxidation sites excluding steroid dienone is 4. The van der Waals surface area contributed by atoms with Crippen molar-refractivity contribution in [2.75, 3.05) is 0 Å². The third-order valence-corrected chi connectivity index (χ3v) is 10.7. The second-order valence-corrected chi connectivity index (χ2v) is 12.4. The molecule has 0 aromatic rings. The van der Waals surface area contributed by atoms with Crippen molar-refractivity contribution in [2.45, 2.75) is 112 Å². The van der Waals surface area contributed by atoms with Gasteiger partial charge in [-0.1, -0.05) is 64.8 Å². The van der Waals surface area contributed by atoms with E-state index in [2.05, 4.69) is 53.7 Å². The summed E-state index contributed by atoms with van der Waals surface area (Å²) in [4.78, 5) is 0. The van der Waals surface area contributed by atoms with E-state index in [0.29, 0.717) is 16.7 Å². The Labute approximate surface area is 186 Å². The minimum absolute atomic E-state index is 0.0413. The Balaban J connectivity index is 1.55. The van der Waals surface area contributed by atoms with E-state index in [4.69, 9.17) is 0 Å². The highest BCUT2D eigenvalue weighted by Crippen LogP contribution is 2.65. The number of aliphatic hydroxyl groups is 1. The molecule has 0 aliphatic heterocycles. The van der Waals surface area contributed by atoms with Gasteiger partial charge in [0.25, 0.3) is 0 Å². The zero-order chi connectivity index (χ0) is 21.7. The Kier molecular flexibility index (Phi) is 6.35. The number of hydrogen-bond donors (Lipinski definition) is 1. The SMILES string of the molecule is CC[C@H](/C=C/[C@@H](C)[C@H]1CC[C@H]2C3=C(CC[C@]12C)[C@@]1(C)CC[C@H](O)C[C@@H]1CC3)C(C)C. The van der Waals surface area contributed by atoms with Crippen LogP contribution >= 0.6 is 0 Å². The highest BCUT2D eigenvalue weighted by atomic mass is 16.3. The lowest BCUT2D eigenvalue weighted by Crippen LogP contribution is -2.45. The average molecular weight is 413 g/mol. The topological polar surface area (TPSA) is 20.2 Å². The molecule has 170 valence electrons. The van der Waals surface area contributed by atoms with Crippen LogP contribution in [0, 0.1) is 46.3 Å². The molecule has 0 heterocycles. The van der Waals surface area contributed by atoms with Crippen LogP contribution in [-0.2, 0) is 0 Å². The van der Waals surface area contributed by atoms with Crippen molar-refractivity contribution >= 4 is 0 Å². The van der Waals surface area contributed by atoms with Gasteiger partial charge in [-0.3, -0.25) is 0 Å². The third-order valence-electron chi connectivity index (χ3n) is 10.7. The number of hydrogen-bond acceptors (Lipinski definition) is 1. The van der Waals surface area contributed by atoms with Crippen LogP contribution in [0.5, 0.6) is 0 Å². The van der Waals surface area contributed by atoms with Crippen molar-refractivity contribution in [2.24, 2.45) is 46.3 Å². The molecule has 1 nitrogen and oxygen atoms in total. The smallest absolute Gasteiger partial charge is 0.0543 e. The second kappa shape index (κ2) is 8.42. The van der Waals surface area contributed by atoms with Gasteiger partial charge in [-0.15, -0.1) is 0 Å². The van der Waals surface area contributed by atoms with Gasteiger partial charge in [0.2, 0.25) is 0 Å². The van der Waals surface area contributed by atoms with Gasteiger partial charge in [-0.25, -0.2) is 0 Å². The van der Waals surface area contributed by atoms with Crippen LogP contribution in [0.15, 0.2) is 23.3 Å². The molecule has 0 aromatic heterocycles. The summed E-state index contributed by atoms with van der Waals surface area (Å²) in [5.41, 5.74) is 4.65. The van der Waals surface area contributed by atoms with Gasteiger partial charge < -0.3 is 5.11 Å². The predicted molar refractivity (Wildman–Crippen MR) is 128 cm³/mol. The highest BCUT2D eigenvalue weighted by Gasteiger charge is 2.55. The van der Waals surface area contributed by atoms with Gasteiger partial charge in [-0.05, 0) is 111 Å². The van der Waals surface area contributed by atoms with Gasteiger partial charge in [0, 0.05) is 0 Å². The molecule has 0 amide bonds. The van der Waals surface area contributed by atoms with Gasteiger partial charge >= 0.3 is 0 Å². The van der Waals surface area contributed by atoms with Gasteiger partial charge in [0.05, 0.1) is 6.10 Å². The molecule has 0 unspecified atom stereocenters. The molecule has 2 fully saturated rings. The first-order valence-corrected chi connectivity index (χ1v) is 13.3. The normalized spacial score (nSPS) is 43.5. The molecule has 0 radical (unpaired) electrons. The summed E-state index contributed by atoms with van der Waals surface area (Å²) in [7, 11) is 0. The molecular formula is C29H48O. The van der Waals surface area contributed by atoms with E-state index < -0.39 is 0 Å². The molecule has 0 bridgehead atoms. The van der Waals surface area contributed by atoms with E-state index in [1.54, 1.807) is 0 Å². The van der Waals surface area contributed by atoms with Crippen LogP contribution in [-0.4, -0.2) is 11.2 Å². The van der Waals surface area contributed by atoms with E-state index in [1.807, 2.05) is 11.1 Å². The fraction of sp³-hybridized carbons (Fsp3) is 0.862. The minimum atomic E-state index is -0.0413. The van der Waals surface area contributed by atoms with Crippen LogP contribution in [0.1, 0.15) is 106 Å². The van der Waals surface area contributed by atoms with E-state index >= 15 is 0 Å². The Morgan fingerprint density at radius 1 is 1.00 bits per heavy atom.